The van der Waals surface area contributed by atoms with Gasteiger partial charge in [-0.05, 0) is 30.3 Å². The van der Waals surface area contributed by atoms with Crippen LogP contribution in [0.2, 0.25) is 0 Å². The second-order valence-electron chi connectivity index (χ2n) is 4.54. The maximum Gasteiger partial charge on any atom is 0.271 e. The van der Waals surface area contributed by atoms with Crippen LogP contribution in [-0.4, -0.2) is 24.3 Å². The summed E-state index contributed by atoms with van der Waals surface area (Å²) in [5.41, 5.74) is 9.41. The molecule has 0 aliphatic heterocycles. The van der Waals surface area contributed by atoms with Crippen LogP contribution in [0.4, 0.5) is 5.69 Å². The Balaban J connectivity index is 2.12. The molecule has 0 fully saturated rings. The second-order valence-corrected chi connectivity index (χ2v) is 4.54. The molecule has 0 aromatic heterocycles. The number of nitriles is 1. The van der Waals surface area contributed by atoms with E-state index in [0.29, 0.717) is 17.0 Å². The summed E-state index contributed by atoms with van der Waals surface area (Å²) < 4.78 is 5.16. The van der Waals surface area contributed by atoms with E-state index in [2.05, 4.69) is 10.5 Å². The number of nitrogens with two attached hydrogens (primary N) is 1. The second kappa shape index (κ2) is 6.95. The lowest BCUT2D eigenvalue weighted by Crippen LogP contribution is -2.17. The highest BCUT2D eigenvalue weighted by Crippen LogP contribution is 2.20. The van der Waals surface area contributed by atoms with Crippen molar-refractivity contribution in [2.24, 2.45) is 5.10 Å². The van der Waals surface area contributed by atoms with Crippen molar-refractivity contribution in [3.05, 3.63) is 53.1 Å². The number of carbonyl (C=O) groups excluding carboxylic acids is 1. The molecular formula is C16H14N4O3. The van der Waals surface area contributed by atoms with Crippen LogP contribution >= 0.6 is 0 Å². The third-order valence-electron chi connectivity index (χ3n) is 3.01. The SMILES string of the molecule is COc1cc(N)ccc1C=NNC(=O)c1ccc(O)c(C#N)c1. The molecule has 0 aliphatic carbocycles. The molecule has 0 spiro atoms. The van der Waals surface area contributed by atoms with E-state index in [1.165, 1.54) is 31.5 Å². The zero-order chi connectivity index (χ0) is 16.8. The first-order chi connectivity index (χ1) is 11.0. The monoisotopic (exact) mass is 310 g/mol. The summed E-state index contributed by atoms with van der Waals surface area (Å²) in [5, 5.41) is 22.1. The van der Waals surface area contributed by atoms with E-state index in [1.54, 1.807) is 24.3 Å². The van der Waals surface area contributed by atoms with Crippen molar-refractivity contribution < 1.29 is 14.6 Å². The van der Waals surface area contributed by atoms with E-state index >= 15 is 0 Å². The molecule has 0 heterocycles. The highest BCUT2D eigenvalue weighted by atomic mass is 16.5. The van der Waals surface area contributed by atoms with Crippen molar-refractivity contribution in [3.63, 3.8) is 0 Å². The fourth-order valence-electron chi connectivity index (χ4n) is 1.83. The van der Waals surface area contributed by atoms with Crippen LogP contribution in [0, 0.1) is 11.3 Å². The standard InChI is InChI=1S/C16H14N4O3/c1-23-15-7-13(18)4-2-11(15)9-19-20-16(22)10-3-5-14(21)12(6-10)8-17/h2-7,9,21H,18H2,1H3,(H,20,22). The van der Waals surface area contributed by atoms with Crippen LogP contribution in [0.15, 0.2) is 41.5 Å². The highest BCUT2D eigenvalue weighted by Gasteiger charge is 2.08. The maximum atomic E-state index is 12.0. The Hall–Kier alpha value is -3.53. The average Bonchev–Trinajstić information content (AvgIpc) is 2.56. The number of hydrogen-bond donors (Lipinski definition) is 3. The van der Waals surface area contributed by atoms with Crippen LogP contribution < -0.4 is 15.9 Å². The molecule has 116 valence electrons. The molecule has 7 heteroatoms. The largest absolute Gasteiger partial charge is 0.507 e. The van der Waals surface area contributed by atoms with Crippen LogP contribution in [0.1, 0.15) is 21.5 Å². The van der Waals surface area contributed by atoms with Gasteiger partial charge in [-0.3, -0.25) is 4.79 Å². The normalized spacial score (nSPS) is 10.3. The fourth-order valence-corrected chi connectivity index (χ4v) is 1.83. The number of rotatable bonds is 4. The molecule has 0 atom stereocenters. The number of nitrogen functional groups attached to an aromatic ring is 1. The molecule has 2 rings (SSSR count). The molecule has 0 saturated carbocycles. The molecule has 7 nitrogen and oxygen atoms in total. The zero-order valence-corrected chi connectivity index (χ0v) is 12.3. The Morgan fingerprint density at radius 3 is 2.87 bits per heavy atom. The van der Waals surface area contributed by atoms with Gasteiger partial charge in [-0.2, -0.15) is 10.4 Å². The number of carbonyl (C=O) groups is 1. The summed E-state index contributed by atoms with van der Waals surface area (Å²) in [4.78, 5) is 12.0. The van der Waals surface area contributed by atoms with E-state index in [4.69, 9.17) is 15.7 Å². The molecule has 0 aliphatic rings. The number of benzene rings is 2. The molecule has 0 unspecified atom stereocenters. The number of phenolic OH excluding ortho intramolecular Hbond substituents is 1. The van der Waals surface area contributed by atoms with Gasteiger partial charge >= 0.3 is 0 Å². The van der Waals surface area contributed by atoms with Gasteiger partial charge in [-0.15, -0.1) is 0 Å². The van der Waals surface area contributed by atoms with Crippen LogP contribution in [0.25, 0.3) is 0 Å². The Morgan fingerprint density at radius 2 is 2.17 bits per heavy atom. The van der Waals surface area contributed by atoms with Gasteiger partial charge in [0, 0.05) is 22.9 Å². The third-order valence-corrected chi connectivity index (χ3v) is 3.01. The number of hydrogen-bond acceptors (Lipinski definition) is 6. The summed E-state index contributed by atoms with van der Waals surface area (Å²) in [6, 6.07) is 10.8. The van der Waals surface area contributed by atoms with Gasteiger partial charge in [-0.25, -0.2) is 5.43 Å². The zero-order valence-electron chi connectivity index (χ0n) is 12.3. The highest BCUT2D eigenvalue weighted by molar-refractivity contribution is 5.95. The topological polar surface area (TPSA) is 121 Å². The Kier molecular flexibility index (Phi) is 4.79. The number of amides is 1. The Bertz CT molecular complexity index is 809. The Labute approximate surface area is 132 Å². The van der Waals surface area contributed by atoms with Gasteiger partial charge in [0.25, 0.3) is 5.91 Å². The summed E-state index contributed by atoms with van der Waals surface area (Å²) in [7, 11) is 1.50. The molecule has 2 aromatic carbocycles. The van der Waals surface area contributed by atoms with Crippen molar-refractivity contribution in [1.82, 2.24) is 5.43 Å². The average molecular weight is 310 g/mol. The van der Waals surface area contributed by atoms with Crippen LogP contribution in [-0.2, 0) is 0 Å². The smallest absolute Gasteiger partial charge is 0.271 e. The summed E-state index contributed by atoms with van der Waals surface area (Å²) >= 11 is 0. The minimum Gasteiger partial charge on any atom is -0.507 e. The quantitative estimate of drug-likeness (QED) is 0.450. The maximum absolute atomic E-state index is 12.0. The lowest BCUT2D eigenvalue weighted by atomic mass is 10.1. The molecule has 23 heavy (non-hydrogen) atoms. The van der Waals surface area contributed by atoms with Crippen molar-refractivity contribution >= 4 is 17.8 Å². The van der Waals surface area contributed by atoms with Crippen LogP contribution in [0.5, 0.6) is 11.5 Å². The molecule has 0 bridgehead atoms. The lowest BCUT2D eigenvalue weighted by Gasteiger charge is -2.05. The number of phenols is 1. The number of anilines is 1. The van der Waals surface area contributed by atoms with E-state index < -0.39 is 5.91 Å². The fraction of sp³-hybridized carbons (Fsp3) is 0.0625. The molecule has 2 aromatic rings. The van der Waals surface area contributed by atoms with E-state index in [-0.39, 0.29) is 16.9 Å². The van der Waals surface area contributed by atoms with Crippen molar-refractivity contribution in [2.45, 2.75) is 0 Å². The number of aromatic hydroxyl groups is 1. The van der Waals surface area contributed by atoms with Gasteiger partial charge in [-0.1, -0.05) is 0 Å². The van der Waals surface area contributed by atoms with E-state index in [1.807, 2.05) is 0 Å². The molecule has 4 N–H and O–H groups in total. The minimum atomic E-state index is -0.507. The molecule has 1 amide bonds. The summed E-state index contributed by atoms with van der Waals surface area (Å²) in [6.45, 7) is 0. The predicted octanol–water partition coefficient (Wildman–Crippen LogP) is 1.62. The van der Waals surface area contributed by atoms with E-state index in [0.717, 1.165) is 0 Å². The Morgan fingerprint density at radius 1 is 1.39 bits per heavy atom. The van der Waals surface area contributed by atoms with Gasteiger partial charge in [0.05, 0.1) is 18.9 Å². The summed E-state index contributed by atoms with van der Waals surface area (Å²) in [5.74, 6) is -0.161. The van der Waals surface area contributed by atoms with Gasteiger partial charge in [0.15, 0.2) is 0 Å². The first-order valence-corrected chi connectivity index (χ1v) is 6.55. The van der Waals surface area contributed by atoms with E-state index in [9.17, 15) is 9.90 Å². The first-order valence-electron chi connectivity index (χ1n) is 6.55. The minimum absolute atomic E-state index is 0.0156. The number of methoxy groups -OCH3 is 1. The lowest BCUT2D eigenvalue weighted by molar-refractivity contribution is 0.0955. The molecule has 0 saturated heterocycles. The number of nitrogens with one attached hydrogen (secondary N) is 1. The number of hydrazone groups is 1. The molecule has 0 radical (unpaired) electrons. The number of ether oxygens (including phenoxy) is 1. The number of nitrogens with zero attached hydrogens (tertiary/aromatic N) is 2. The first kappa shape index (κ1) is 15.9. The summed E-state index contributed by atoms with van der Waals surface area (Å²) in [6.07, 6.45) is 1.42. The van der Waals surface area contributed by atoms with Crippen molar-refractivity contribution in [3.8, 4) is 17.6 Å². The predicted molar refractivity (Wildman–Crippen MR) is 85.3 cm³/mol. The van der Waals surface area contributed by atoms with Gasteiger partial charge in [0.2, 0.25) is 0 Å². The van der Waals surface area contributed by atoms with Gasteiger partial charge in [0.1, 0.15) is 17.6 Å². The van der Waals surface area contributed by atoms with Crippen LogP contribution in [0.3, 0.4) is 0 Å². The van der Waals surface area contributed by atoms with Crippen molar-refractivity contribution in [2.75, 3.05) is 12.8 Å². The van der Waals surface area contributed by atoms with Crippen molar-refractivity contribution in [1.29, 1.82) is 5.26 Å². The van der Waals surface area contributed by atoms with Gasteiger partial charge < -0.3 is 15.6 Å². The third kappa shape index (κ3) is 3.77. The molecular weight excluding hydrogens is 296 g/mol.